The van der Waals surface area contributed by atoms with Crippen molar-refractivity contribution in [3.8, 4) is 5.75 Å². The van der Waals surface area contributed by atoms with E-state index >= 15 is 0 Å². The van der Waals surface area contributed by atoms with E-state index in [1.165, 1.54) is 0 Å². The molecule has 1 aromatic rings. The van der Waals surface area contributed by atoms with Gasteiger partial charge in [-0.2, -0.15) is 0 Å². The quantitative estimate of drug-likeness (QED) is 0.377. The van der Waals surface area contributed by atoms with Crippen LogP contribution in [0.25, 0.3) is 0 Å². The van der Waals surface area contributed by atoms with Crippen LogP contribution in [0.3, 0.4) is 0 Å². The number of amides is 1. The van der Waals surface area contributed by atoms with Crippen molar-refractivity contribution < 1.29 is 9.53 Å². The number of fused-ring (bicyclic) bond motifs is 1. The van der Waals surface area contributed by atoms with E-state index in [2.05, 4.69) is 10.7 Å². The Morgan fingerprint density at radius 1 is 1.56 bits per heavy atom. The van der Waals surface area contributed by atoms with Crippen molar-refractivity contribution >= 4 is 17.3 Å². The average Bonchev–Trinajstić information content (AvgIpc) is 2.31. The number of rotatable bonds is 3. The van der Waals surface area contributed by atoms with Gasteiger partial charge in [0.05, 0.1) is 12.4 Å². The number of anilines is 2. The Labute approximate surface area is 93.3 Å². The van der Waals surface area contributed by atoms with Gasteiger partial charge in [-0.25, -0.2) is 5.43 Å². The van der Waals surface area contributed by atoms with Crippen LogP contribution in [-0.4, -0.2) is 26.2 Å². The second-order valence-corrected chi connectivity index (χ2v) is 3.48. The number of likely N-dealkylation sites (N-methyl/N-ethyl adjacent to an activating group) is 1. The molecule has 1 amide bonds. The zero-order valence-electron chi connectivity index (χ0n) is 8.99. The van der Waals surface area contributed by atoms with Crippen molar-refractivity contribution in [2.75, 3.05) is 30.5 Å². The standard InChI is InChI=1S/C10H14N4O2/c1-14-8-4-7(12-6-13-11)2-3-9(8)16-5-10(14)15/h2-4,12-13H,5-6,11H2,1H3. The Morgan fingerprint density at radius 2 is 2.38 bits per heavy atom. The molecule has 1 aliphatic rings. The molecule has 1 aliphatic heterocycles. The topological polar surface area (TPSA) is 79.6 Å². The minimum absolute atomic E-state index is 0.0541. The Kier molecular flexibility index (Phi) is 2.93. The molecule has 16 heavy (non-hydrogen) atoms. The van der Waals surface area contributed by atoms with Crippen molar-refractivity contribution in [1.29, 1.82) is 0 Å². The normalized spacial score (nSPS) is 14.4. The van der Waals surface area contributed by atoms with Gasteiger partial charge in [-0.3, -0.25) is 10.6 Å². The Morgan fingerprint density at radius 3 is 3.12 bits per heavy atom. The van der Waals surface area contributed by atoms with Gasteiger partial charge in [0, 0.05) is 12.7 Å². The molecule has 6 nitrogen and oxygen atoms in total. The Balaban J connectivity index is 2.25. The molecule has 0 atom stereocenters. The fraction of sp³-hybridized carbons (Fsp3) is 0.300. The maximum absolute atomic E-state index is 11.4. The first-order chi connectivity index (χ1) is 7.72. The van der Waals surface area contributed by atoms with Gasteiger partial charge in [-0.15, -0.1) is 0 Å². The minimum Gasteiger partial charge on any atom is -0.482 e. The summed E-state index contributed by atoms with van der Waals surface area (Å²) in [4.78, 5) is 13.0. The first-order valence-corrected chi connectivity index (χ1v) is 4.93. The van der Waals surface area contributed by atoms with E-state index in [0.717, 1.165) is 11.4 Å². The smallest absolute Gasteiger partial charge is 0.264 e. The number of ether oxygens (including phenoxy) is 1. The lowest BCUT2D eigenvalue weighted by molar-refractivity contribution is -0.120. The third-order valence-electron chi connectivity index (χ3n) is 2.44. The zero-order valence-corrected chi connectivity index (χ0v) is 8.99. The first-order valence-electron chi connectivity index (χ1n) is 4.93. The van der Waals surface area contributed by atoms with Gasteiger partial charge >= 0.3 is 0 Å². The van der Waals surface area contributed by atoms with E-state index in [1.807, 2.05) is 18.2 Å². The maximum Gasteiger partial charge on any atom is 0.264 e. The highest BCUT2D eigenvalue weighted by atomic mass is 16.5. The largest absolute Gasteiger partial charge is 0.482 e. The predicted molar refractivity (Wildman–Crippen MR) is 61.2 cm³/mol. The number of nitrogens with two attached hydrogens (primary N) is 1. The summed E-state index contributed by atoms with van der Waals surface area (Å²) in [7, 11) is 1.73. The molecule has 0 saturated heterocycles. The van der Waals surface area contributed by atoms with E-state index in [9.17, 15) is 4.79 Å². The molecule has 2 rings (SSSR count). The fourth-order valence-electron chi connectivity index (χ4n) is 1.54. The molecular weight excluding hydrogens is 208 g/mol. The summed E-state index contributed by atoms with van der Waals surface area (Å²) >= 11 is 0. The number of nitrogens with one attached hydrogen (secondary N) is 2. The summed E-state index contributed by atoms with van der Waals surface area (Å²) in [5.41, 5.74) is 4.13. The van der Waals surface area contributed by atoms with Crippen LogP contribution in [0.2, 0.25) is 0 Å². The highest BCUT2D eigenvalue weighted by Gasteiger charge is 2.22. The number of carbonyl (C=O) groups is 1. The molecule has 0 radical (unpaired) electrons. The third kappa shape index (κ3) is 1.93. The average molecular weight is 222 g/mol. The van der Waals surface area contributed by atoms with E-state index < -0.39 is 0 Å². The van der Waals surface area contributed by atoms with Gasteiger partial charge in [0.1, 0.15) is 5.75 Å². The third-order valence-corrected chi connectivity index (χ3v) is 2.44. The number of hydrogen-bond acceptors (Lipinski definition) is 5. The van der Waals surface area contributed by atoms with Crippen molar-refractivity contribution in [3.05, 3.63) is 18.2 Å². The van der Waals surface area contributed by atoms with Gasteiger partial charge in [0.15, 0.2) is 6.61 Å². The van der Waals surface area contributed by atoms with Crippen LogP contribution < -0.4 is 26.2 Å². The molecule has 4 N–H and O–H groups in total. The first kappa shape index (κ1) is 10.7. The minimum atomic E-state index is -0.0541. The van der Waals surface area contributed by atoms with Crippen LogP contribution in [-0.2, 0) is 4.79 Å². The van der Waals surface area contributed by atoms with Crippen molar-refractivity contribution in [3.63, 3.8) is 0 Å². The van der Waals surface area contributed by atoms with Crippen molar-refractivity contribution in [2.45, 2.75) is 0 Å². The SMILES string of the molecule is CN1C(=O)COc2ccc(NCNN)cc21. The number of hydrogen-bond donors (Lipinski definition) is 3. The van der Waals surface area contributed by atoms with E-state index in [4.69, 9.17) is 10.6 Å². The van der Waals surface area contributed by atoms with Gasteiger partial charge < -0.3 is 15.0 Å². The highest BCUT2D eigenvalue weighted by Crippen LogP contribution is 2.33. The monoisotopic (exact) mass is 222 g/mol. The number of carbonyl (C=O) groups excluding carboxylic acids is 1. The molecule has 0 fully saturated rings. The Hall–Kier alpha value is -1.79. The summed E-state index contributed by atoms with van der Waals surface area (Å²) in [5.74, 6) is 5.82. The number of hydrazine groups is 1. The van der Waals surface area contributed by atoms with Gasteiger partial charge in [0.25, 0.3) is 5.91 Å². The molecule has 86 valence electrons. The zero-order chi connectivity index (χ0) is 11.5. The van der Waals surface area contributed by atoms with Crippen LogP contribution in [0, 0.1) is 0 Å². The van der Waals surface area contributed by atoms with Gasteiger partial charge in [-0.05, 0) is 18.2 Å². The van der Waals surface area contributed by atoms with Gasteiger partial charge in [-0.1, -0.05) is 0 Å². The molecule has 1 heterocycles. The van der Waals surface area contributed by atoms with Crippen molar-refractivity contribution in [1.82, 2.24) is 5.43 Å². The number of nitrogens with zero attached hydrogens (tertiary/aromatic N) is 1. The summed E-state index contributed by atoms with van der Waals surface area (Å²) in [6, 6.07) is 5.56. The number of benzene rings is 1. The molecule has 6 heteroatoms. The molecule has 1 aromatic carbocycles. The van der Waals surface area contributed by atoms with Crippen LogP contribution in [0.4, 0.5) is 11.4 Å². The predicted octanol–water partition coefficient (Wildman–Crippen LogP) is -0.125. The molecule has 0 aromatic heterocycles. The van der Waals surface area contributed by atoms with Crippen molar-refractivity contribution in [2.24, 2.45) is 5.84 Å². The second kappa shape index (κ2) is 4.38. The molecular formula is C10H14N4O2. The van der Waals surface area contributed by atoms with E-state index in [0.29, 0.717) is 12.4 Å². The molecule has 0 saturated carbocycles. The maximum atomic E-state index is 11.4. The lowest BCUT2D eigenvalue weighted by atomic mass is 10.2. The summed E-state index contributed by atoms with van der Waals surface area (Å²) < 4.78 is 5.31. The van der Waals surface area contributed by atoms with Crippen LogP contribution in [0.15, 0.2) is 18.2 Å². The van der Waals surface area contributed by atoms with E-state index in [1.54, 1.807) is 11.9 Å². The fourth-order valence-corrected chi connectivity index (χ4v) is 1.54. The molecule has 0 unspecified atom stereocenters. The van der Waals surface area contributed by atoms with Gasteiger partial charge in [0.2, 0.25) is 0 Å². The Bertz CT molecular complexity index is 408. The highest BCUT2D eigenvalue weighted by molar-refractivity contribution is 5.97. The summed E-state index contributed by atoms with van der Waals surface area (Å²) in [6.07, 6.45) is 0. The second-order valence-electron chi connectivity index (χ2n) is 3.48. The lowest BCUT2D eigenvalue weighted by Crippen LogP contribution is -2.35. The molecule has 0 aliphatic carbocycles. The molecule has 0 spiro atoms. The molecule has 0 bridgehead atoms. The summed E-state index contributed by atoms with van der Waals surface area (Å²) in [6.45, 7) is 0.554. The summed E-state index contributed by atoms with van der Waals surface area (Å²) in [5, 5.41) is 3.05. The van der Waals surface area contributed by atoms with Crippen LogP contribution in [0.1, 0.15) is 0 Å². The van der Waals surface area contributed by atoms with Crippen LogP contribution in [0.5, 0.6) is 5.75 Å². The lowest BCUT2D eigenvalue weighted by Gasteiger charge is -2.26. The van der Waals surface area contributed by atoms with E-state index in [-0.39, 0.29) is 12.5 Å². The van der Waals surface area contributed by atoms with Crippen LogP contribution >= 0.6 is 0 Å².